The van der Waals surface area contributed by atoms with E-state index in [1.165, 1.54) is 4.88 Å². The Balaban J connectivity index is 1.81. The lowest BCUT2D eigenvalue weighted by Crippen LogP contribution is -2.37. The normalized spacial score (nSPS) is 11.5. The van der Waals surface area contributed by atoms with Gasteiger partial charge in [-0.1, -0.05) is 29.8 Å². The first kappa shape index (κ1) is 16.8. The minimum Gasteiger partial charge on any atom is -0.356 e. The molecule has 0 atom stereocenters. The average Bonchev–Trinajstić information content (AvgIpc) is 2.82. The molecule has 0 fully saturated rings. The van der Waals surface area contributed by atoms with Gasteiger partial charge in [0.25, 0.3) is 0 Å². The predicted molar refractivity (Wildman–Crippen MR) is 94.9 cm³/mol. The van der Waals surface area contributed by atoms with Gasteiger partial charge < -0.3 is 10.6 Å². The van der Waals surface area contributed by atoms with E-state index in [0.717, 1.165) is 40.2 Å². The van der Waals surface area contributed by atoms with E-state index in [-0.39, 0.29) is 0 Å². The smallest absolute Gasteiger partial charge is 0.191 e. The molecule has 0 aliphatic carbocycles. The van der Waals surface area contributed by atoms with Gasteiger partial charge >= 0.3 is 0 Å². The number of guanidine groups is 1. The second-order valence-electron chi connectivity index (χ2n) is 4.94. The van der Waals surface area contributed by atoms with Gasteiger partial charge in [0, 0.05) is 36.5 Å². The lowest BCUT2D eigenvalue weighted by molar-refractivity contribution is 0.796. The minimum absolute atomic E-state index is 0.651. The zero-order chi connectivity index (χ0) is 15.9. The van der Waals surface area contributed by atoms with Crippen LogP contribution in [0.4, 0.5) is 0 Å². The molecule has 0 saturated carbocycles. The van der Waals surface area contributed by atoms with Crippen molar-refractivity contribution in [3.05, 3.63) is 50.4 Å². The highest BCUT2D eigenvalue weighted by atomic mass is 35.5. The second-order valence-corrected chi connectivity index (χ2v) is 6.63. The molecule has 0 bridgehead atoms. The number of nitrogens with one attached hydrogen (secondary N) is 2. The number of halogens is 1. The van der Waals surface area contributed by atoms with Crippen molar-refractivity contribution >= 4 is 28.9 Å². The standard InChI is InChI=1S/C16H21ClN4S/c1-11-15(22-12(2)21-11)8-9-19-16(18-3)20-10-13-6-4-5-7-14(13)17/h4-7H,8-10H2,1-3H3,(H2,18,19,20). The van der Waals surface area contributed by atoms with Crippen LogP contribution >= 0.6 is 22.9 Å². The summed E-state index contributed by atoms with van der Waals surface area (Å²) in [5.41, 5.74) is 2.18. The summed E-state index contributed by atoms with van der Waals surface area (Å²) in [6, 6.07) is 7.81. The molecule has 0 spiro atoms. The second kappa shape index (κ2) is 8.15. The Morgan fingerprint density at radius 3 is 2.68 bits per heavy atom. The van der Waals surface area contributed by atoms with Crippen molar-refractivity contribution in [1.82, 2.24) is 15.6 Å². The van der Waals surface area contributed by atoms with E-state index < -0.39 is 0 Å². The van der Waals surface area contributed by atoms with Crippen LogP contribution in [-0.4, -0.2) is 24.5 Å². The van der Waals surface area contributed by atoms with Gasteiger partial charge in [-0.2, -0.15) is 0 Å². The van der Waals surface area contributed by atoms with E-state index in [1.807, 2.05) is 31.2 Å². The summed E-state index contributed by atoms with van der Waals surface area (Å²) >= 11 is 7.91. The zero-order valence-electron chi connectivity index (χ0n) is 13.1. The fourth-order valence-electron chi connectivity index (χ4n) is 2.14. The third kappa shape index (κ3) is 4.71. The van der Waals surface area contributed by atoms with Gasteiger partial charge in [0.1, 0.15) is 0 Å². The van der Waals surface area contributed by atoms with Gasteiger partial charge in [0.05, 0.1) is 10.7 Å². The summed E-state index contributed by atoms with van der Waals surface area (Å²) in [6.07, 6.45) is 0.949. The number of rotatable bonds is 5. The third-order valence-corrected chi connectivity index (χ3v) is 4.77. The first-order valence-corrected chi connectivity index (χ1v) is 8.40. The summed E-state index contributed by atoms with van der Waals surface area (Å²) in [7, 11) is 1.77. The van der Waals surface area contributed by atoms with Crippen LogP contribution in [-0.2, 0) is 13.0 Å². The van der Waals surface area contributed by atoms with Crippen molar-refractivity contribution in [3.63, 3.8) is 0 Å². The van der Waals surface area contributed by atoms with Crippen LogP contribution < -0.4 is 10.6 Å². The number of hydrogen-bond donors (Lipinski definition) is 2. The van der Waals surface area contributed by atoms with E-state index in [9.17, 15) is 0 Å². The zero-order valence-corrected chi connectivity index (χ0v) is 14.7. The highest BCUT2D eigenvalue weighted by Crippen LogP contribution is 2.17. The summed E-state index contributed by atoms with van der Waals surface area (Å²) in [4.78, 5) is 10.0. The van der Waals surface area contributed by atoms with Gasteiger partial charge in [-0.05, 0) is 25.5 Å². The monoisotopic (exact) mass is 336 g/mol. The summed E-state index contributed by atoms with van der Waals surface area (Å²) < 4.78 is 0. The number of nitrogens with zero attached hydrogens (tertiary/aromatic N) is 2. The molecular formula is C16H21ClN4S. The largest absolute Gasteiger partial charge is 0.356 e. The molecule has 6 heteroatoms. The molecule has 0 aliphatic rings. The Morgan fingerprint density at radius 1 is 1.27 bits per heavy atom. The maximum atomic E-state index is 6.15. The molecule has 22 heavy (non-hydrogen) atoms. The van der Waals surface area contributed by atoms with Crippen LogP contribution in [0.5, 0.6) is 0 Å². The van der Waals surface area contributed by atoms with Crippen molar-refractivity contribution in [2.24, 2.45) is 4.99 Å². The molecule has 2 aromatic rings. The van der Waals surface area contributed by atoms with Crippen LogP contribution in [0.2, 0.25) is 5.02 Å². The molecular weight excluding hydrogens is 316 g/mol. The van der Waals surface area contributed by atoms with Crippen LogP contribution in [0.25, 0.3) is 0 Å². The van der Waals surface area contributed by atoms with Gasteiger partial charge in [-0.15, -0.1) is 11.3 Å². The predicted octanol–water partition coefficient (Wildman–Crippen LogP) is 3.32. The maximum Gasteiger partial charge on any atom is 0.191 e. The first-order chi connectivity index (χ1) is 10.6. The maximum absolute atomic E-state index is 6.15. The molecule has 1 aromatic heterocycles. The van der Waals surface area contributed by atoms with E-state index in [4.69, 9.17) is 11.6 Å². The summed E-state index contributed by atoms with van der Waals surface area (Å²) in [5.74, 6) is 0.777. The number of aliphatic imine (C=N–C) groups is 1. The number of aromatic nitrogens is 1. The molecule has 4 nitrogen and oxygen atoms in total. The summed E-state index contributed by atoms with van der Waals surface area (Å²) in [6.45, 7) is 5.57. The fraction of sp³-hybridized carbons (Fsp3) is 0.375. The van der Waals surface area contributed by atoms with E-state index >= 15 is 0 Å². The van der Waals surface area contributed by atoms with Crippen molar-refractivity contribution in [2.75, 3.05) is 13.6 Å². The molecule has 1 aromatic carbocycles. The molecule has 2 N–H and O–H groups in total. The average molecular weight is 337 g/mol. The van der Waals surface area contributed by atoms with E-state index in [0.29, 0.717) is 6.54 Å². The van der Waals surface area contributed by atoms with Crippen molar-refractivity contribution in [3.8, 4) is 0 Å². The highest BCUT2D eigenvalue weighted by molar-refractivity contribution is 7.11. The molecule has 0 unspecified atom stereocenters. The number of hydrogen-bond acceptors (Lipinski definition) is 3. The molecule has 0 amide bonds. The van der Waals surface area contributed by atoms with Crippen LogP contribution in [0, 0.1) is 13.8 Å². The summed E-state index contributed by atoms with van der Waals surface area (Å²) in [5, 5.41) is 8.48. The quantitative estimate of drug-likeness (QED) is 0.650. The van der Waals surface area contributed by atoms with Gasteiger partial charge in [-0.3, -0.25) is 4.99 Å². The molecule has 0 saturated heterocycles. The number of thiazole rings is 1. The number of aryl methyl sites for hydroxylation is 2. The molecule has 2 rings (SSSR count). The molecule has 1 heterocycles. The Labute approximate surface area is 140 Å². The minimum atomic E-state index is 0.651. The van der Waals surface area contributed by atoms with Gasteiger partial charge in [0.2, 0.25) is 0 Å². The molecule has 118 valence electrons. The van der Waals surface area contributed by atoms with Crippen LogP contribution in [0.1, 0.15) is 21.1 Å². The Hall–Kier alpha value is -1.59. The molecule has 0 radical (unpaired) electrons. The topological polar surface area (TPSA) is 49.3 Å². The lowest BCUT2D eigenvalue weighted by atomic mass is 10.2. The van der Waals surface area contributed by atoms with Crippen LogP contribution in [0.3, 0.4) is 0 Å². The Morgan fingerprint density at radius 2 is 2.05 bits per heavy atom. The highest BCUT2D eigenvalue weighted by Gasteiger charge is 2.05. The van der Waals surface area contributed by atoms with Gasteiger partial charge in [0.15, 0.2) is 5.96 Å². The lowest BCUT2D eigenvalue weighted by Gasteiger charge is -2.12. The van der Waals surface area contributed by atoms with E-state index in [2.05, 4.69) is 27.5 Å². The van der Waals surface area contributed by atoms with E-state index in [1.54, 1.807) is 18.4 Å². The number of benzene rings is 1. The first-order valence-electron chi connectivity index (χ1n) is 7.21. The van der Waals surface area contributed by atoms with Crippen LogP contribution in [0.15, 0.2) is 29.3 Å². The van der Waals surface area contributed by atoms with Crippen molar-refractivity contribution in [1.29, 1.82) is 0 Å². The van der Waals surface area contributed by atoms with Crippen molar-refractivity contribution in [2.45, 2.75) is 26.8 Å². The van der Waals surface area contributed by atoms with Crippen molar-refractivity contribution < 1.29 is 0 Å². The Bertz CT molecular complexity index is 651. The molecule has 0 aliphatic heterocycles. The third-order valence-electron chi connectivity index (χ3n) is 3.27. The fourth-order valence-corrected chi connectivity index (χ4v) is 3.28. The Kier molecular flexibility index (Phi) is 6.21. The SMILES string of the molecule is CN=C(NCCc1sc(C)nc1C)NCc1ccccc1Cl. The van der Waals surface area contributed by atoms with Gasteiger partial charge in [-0.25, -0.2) is 4.98 Å².